The molecule has 1 N–H and O–H groups in total. The molecule has 0 unspecified atom stereocenters. The van der Waals surface area contributed by atoms with Crippen LogP contribution >= 0.6 is 34.8 Å². The van der Waals surface area contributed by atoms with Gasteiger partial charge < -0.3 is 9.47 Å². The van der Waals surface area contributed by atoms with Gasteiger partial charge in [0, 0.05) is 14.2 Å². The molecule has 1 heterocycles. The van der Waals surface area contributed by atoms with E-state index in [2.05, 4.69) is 4.98 Å². The van der Waals surface area contributed by atoms with Crippen molar-refractivity contribution in [3.63, 3.8) is 0 Å². The molecule has 0 radical (unpaired) electrons. The molecule has 0 bridgehead atoms. The lowest BCUT2D eigenvalue weighted by Gasteiger charge is -2.17. The number of aromatic amines is 1. The van der Waals surface area contributed by atoms with Gasteiger partial charge in [0.05, 0.1) is 18.2 Å². The van der Waals surface area contributed by atoms with Crippen molar-refractivity contribution < 1.29 is 14.5 Å². The van der Waals surface area contributed by atoms with E-state index >= 15 is 0 Å². The fraction of sp³-hybridized carbons (Fsp3) is 0.500. The number of nitrogens with one attached hydrogen (secondary N) is 1. The molecule has 1 rings (SSSR count). The third-order valence-corrected chi connectivity index (χ3v) is 3.75. The lowest BCUT2D eigenvalue weighted by atomic mass is 10.3. The Labute approximate surface area is 132 Å². The molecular formula is C12H15Cl3N3O2+. The van der Waals surface area contributed by atoms with Crippen LogP contribution in [0, 0.1) is 11.3 Å². The number of nitrogens with zero attached hydrogens (tertiary/aromatic N) is 2. The Morgan fingerprint density at radius 3 is 2.10 bits per heavy atom. The molecule has 0 spiro atoms. The van der Waals surface area contributed by atoms with Gasteiger partial charge in [-0.05, 0) is 11.6 Å². The third kappa shape index (κ3) is 4.11. The largest absolute Gasteiger partial charge is 0.381 e. The average molecular weight is 340 g/mol. The minimum absolute atomic E-state index is 0.125. The number of hydrogen-bond acceptors (Lipinski definition) is 4. The quantitative estimate of drug-likeness (QED) is 0.716. The molecule has 0 aliphatic rings. The minimum Gasteiger partial charge on any atom is -0.381 e. The van der Waals surface area contributed by atoms with Crippen LogP contribution in [0.25, 0.3) is 0 Å². The number of nitriles is 1. The first kappa shape index (κ1) is 17.3. The van der Waals surface area contributed by atoms with Crippen molar-refractivity contribution in [2.24, 2.45) is 0 Å². The summed E-state index contributed by atoms with van der Waals surface area (Å²) < 4.78 is 10.1. The Bertz CT molecular complexity index is 498. The predicted octanol–water partition coefficient (Wildman–Crippen LogP) is 2.43. The Morgan fingerprint density at radius 1 is 1.10 bits per heavy atom. The number of rotatable bonds is 7. The van der Waals surface area contributed by atoms with Crippen LogP contribution in [-0.2, 0) is 9.47 Å². The fourth-order valence-corrected chi connectivity index (χ4v) is 2.35. The van der Waals surface area contributed by atoms with Crippen LogP contribution in [0.15, 0.2) is 0 Å². The van der Waals surface area contributed by atoms with Crippen molar-refractivity contribution in [1.29, 1.82) is 5.26 Å². The molecule has 0 fully saturated rings. The highest BCUT2D eigenvalue weighted by Gasteiger charge is 2.26. The van der Waals surface area contributed by atoms with Crippen molar-refractivity contribution in [1.82, 2.24) is 0 Å². The summed E-state index contributed by atoms with van der Waals surface area (Å²) in [7, 11) is 3.22. The van der Waals surface area contributed by atoms with Gasteiger partial charge in [0.1, 0.15) is 29.7 Å². The van der Waals surface area contributed by atoms with Crippen molar-refractivity contribution in [3.05, 3.63) is 20.8 Å². The van der Waals surface area contributed by atoms with E-state index in [9.17, 15) is 0 Å². The standard InChI is InChI=1S/C12H14Cl3N3O2/c1-19-5-3-18(4-6-20-2)12-10(14)9(13)8(7-16)11(15)17-12/h3-6H2,1-2H3/p+1. The van der Waals surface area contributed by atoms with Gasteiger partial charge in [-0.25, -0.2) is 4.98 Å². The van der Waals surface area contributed by atoms with Gasteiger partial charge in [0.15, 0.2) is 0 Å². The number of methoxy groups -OCH3 is 2. The van der Waals surface area contributed by atoms with Gasteiger partial charge in [-0.15, -0.1) is 0 Å². The summed E-state index contributed by atoms with van der Waals surface area (Å²) in [5.41, 5.74) is 0.125. The number of anilines is 1. The summed E-state index contributed by atoms with van der Waals surface area (Å²) in [5.74, 6) is 0.537. The maximum absolute atomic E-state index is 8.98. The van der Waals surface area contributed by atoms with E-state index in [-0.39, 0.29) is 20.8 Å². The second-order valence-electron chi connectivity index (χ2n) is 3.88. The number of H-pyrrole nitrogens is 1. The summed E-state index contributed by atoms with van der Waals surface area (Å²) in [5, 5.41) is 9.52. The molecule has 0 saturated carbocycles. The number of ether oxygens (including phenoxy) is 2. The van der Waals surface area contributed by atoms with Crippen LogP contribution in [0.5, 0.6) is 0 Å². The highest BCUT2D eigenvalue weighted by molar-refractivity contribution is 6.45. The molecule has 110 valence electrons. The Morgan fingerprint density at radius 2 is 1.65 bits per heavy atom. The lowest BCUT2D eigenvalue weighted by Crippen LogP contribution is -2.35. The molecule has 1 aromatic rings. The topological polar surface area (TPSA) is 59.6 Å². The first-order valence-electron chi connectivity index (χ1n) is 5.79. The maximum Gasteiger partial charge on any atom is 0.296 e. The van der Waals surface area contributed by atoms with Crippen LogP contribution in [0.3, 0.4) is 0 Å². The van der Waals surface area contributed by atoms with Crippen molar-refractivity contribution >= 4 is 40.6 Å². The van der Waals surface area contributed by atoms with E-state index in [1.807, 2.05) is 11.0 Å². The van der Waals surface area contributed by atoms with Crippen molar-refractivity contribution in [2.45, 2.75) is 0 Å². The Balaban J connectivity index is 3.16. The van der Waals surface area contributed by atoms with Crippen LogP contribution in [0.1, 0.15) is 5.56 Å². The zero-order valence-corrected chi connectivity index (χ0v) is 13.4. The molecular weight excluding hydrogens is 325 g/mol. The number of aromatic nitrogens is 1. The monoisotopic (exact) mass is 338 g/mol. The molecule has 0 aliphatic carbocycles. The summed E-state index contributed by atoms with van der Waals surface area (Å²) in [4.78, 5) is 4.79. The highest BCUT2D eigenvalue weighted by Crippen LogP contribution is 2.34. The zero-order valence-electron chi connectivity index (χ0n) is 11.2. The summed E-state index contributed by atoms with van der Waals surface area (Å²) in [6, 6.07) is 1.91. The first-order chi connectivity index (χ1) is 9.56. The molecule has 0 atom stereocenters. The highest BCUT2D eigenvalue weighted by atomic mass is 35.5. The molecule has 20 heavy (non-hydrogen) atoms. The number of halogens is 3. The molecule has 8 heteroatoms. The second kappa shape index (κ2) is 8.50. The van der Waals surface area contributed by atoms with E-state index in [4.69, 9.17) is 49.5 Å². The minimum atomic E-state index is 0.125. The zero-order chi connectivity index (χ0) is 15.1. The van der Waals surface area contributed by atoms with Crippen molar-refractivity contribution in [3.8, 4) is 6.07 Å². The summed E-state index contributed by atoms with van der Waals surface area (Å²) in [6.07, 6.45) is 0. The molecule has 0 saturated heterocycles. The average Bonchev–Trinajstić information content (AvgIpc) is 2.44. The van der Waals surface area contributed by atoms with Crippen molar-refractivity contribution in [2.75, 3.05) is 45.4 Å². The normalized spacial score (nSPS) is 10.4. The SMILES string of the molecule is COCCN(CCOC)c1[nH+]c(Cl)c(C#N)c(Cl)c1Cl. The van der Waals surface area contributed by atoms with E-state index < -0.39 is 0 Å². The predicted molar refractivity (Wildman–Crippen MR) is 78.7 cm³/mol. The van der Waals surface area contributed by atoms with Gasteiger partial charge in [-0.2, -0.15) is 5.26 Å². The molecule has 5 nitrogen and oxygen atoms in total. The Hall–Kier alpha value is -0.770. The maximum atomic E-state index is 8.98. The summed E-state index contributed by atoms with van der Waals surface area (Å²) >= 11 is 18.3. The third-order valence-electron chi connectivity index (χ3n) is 2.63. The summed E-state index contributed by atoms with van der Waals surface area (Å²) in [6.45, 7) is 2.16. The van der Waals surface area contributed by atoms with Gasteiger partial charge in [-0.3, -0.25) is 4.90 Å². The van der Waals surface area contributed by atoms with E-state index in [0.29, 0.717) is 32.1 Å². The number of hydrogen-bond donors (Lipinski definition) is 0. The van der Waals surface area contributed by atoms with E-state index in [0.717, 1.165) is 0 Å². The first-order valence-corrected chi connectivity index (χ1v) is 6.92. The van der Waals surface area contributed by atoms with Gasteiger partial charge >= 0.3 is 0 Å². The van der Waals surface area contributed by atoms with E-state index in [1.165, 1.54) is 0 Å². The van der Waals surface area contributed by atoms with Crippen LogP contribution in [0.4, 0.5) is 5.82 Å². The van der Waals surface area contributed by atoms with Gasteiger partial charge in [0.25, 0.3) is 5.82 Å². The smallest absolute Gasteiger partial charge is 0.296 e. The van der Waals surface area contributed by atoms with Gasteiger partial charge in [-0.1, -0.05) is 23.2 Å². The molecule has 1 aromatic heterocycles. The van der Waals surface area contributed by atoms with Crippen LogP contribution in [-0.4, -0.2) is 40.5 Å². The van der Waals surface area contributed by atoms with Gasteiger partial charge in [0.2, 0.25) is 5.15 Å². The molecule has 0 amide bonds. The number of pyridine rings is 1. The van der Waals surface area contributed by atoms with Crippen LogP contribution in [0.2, 0.25) is 15.2 Å². The Kier molecular flexibility index (Phi) is 7.35. The molecule has 0 aliphatic heterocycles. The van der Waals surface area contributed by atoms with Crippen LogP contribution < -0.4 is 9.88 Å². The second-order valence-corrected chi connectivity index (χ2v) is 5.01. The van der Waals surface area contributed by atoms with E-state index in [1.54, 1.807) is 14.2 Å². The lowest BCUT2D eigenvalue weighted by molar-refractivity contribution is -0.361. The fourth-order valence-electron chi connectivity index (χ4n) is 1.59. The molecule has 0 aromatic carbocycles.